The number of rotatable bonds is 9. The van der Waals surface area contributed by atoms with Crippen molar-refractivity contribution >= 4 is 0 Å². The van der Waals surface area contributed by atoms with E-state index in [1.165, 1.54) is 32.2 Å². The van der Waals surface area contributed by atoms with Crippen LogP contribution in [0.4, 0.5) is 0 Å². The molecule has 0 aliphatic heterocycles. The fraction of sp³-hybridized carbons (Fsp3) is 1.00. The molecule has 0 radical (unpaired) electrons. The van der Waals surface area contributed by atoms with E-state index in [2.05, 4.69) is 38.0 Å². The fourth-order valence-electron chi connectivity index (χ4n) is 3.36. The van der Waals surface area contributed by atoms with Crippen molar-refractivity contribution in [1.82, 2.24) is 10.2 Å². The van der Waals surface area contributed by atoms with Crippen LogP contribution in [-0.4, -0.2) is 50.8 Å². The lowest BCUT2D eigenvalue weighted by Gasteiger charge is -2.38. The summed E-state index contributed by atoms with van der Waals surface area (Å²) in [4.78, 5) is 2.56. The zero-order valence-corrected chi connectivity index (χ0v) is 13.5. The molecule has 0 amide bonds. The predicted molar refractivity (Wildman–Crippen MR) is 82.6 cm³/mol. The first kappa shape index (κ1) is 16.9. The highest BCUT2D eigenvalue weighted by molar-refractivity contribution is 4.85. The Morgan fingerprint density at radius 2 is 2.00 bits per heavy atom. The Bertz CT molecular complexity index is 223. The lowest BCUT2D eigenvalue weighted by Crippen LogP contribution is -2.45. The topological polar surface area (TPSA) is 24.5 Å². The Morgan fingerprint density at radius 3 is 2.58 bits per heavy atom. The summed E-state index contributed by atoms with van der Waals surface area (Å²) in [5.41, 5.74) is 0. The average molecular weight is 270 g/mol. The van der Waals surface area contributed by atoms with E-state index in [-0.39, 0.29) is 0 Å². The standard InChI is InChI=1S/C16H34N2O/c1-5-14-8-9-16(17-4)15(12-14)13-18(6-2)10-11-19-7-3/h14-17H,5-13H2,1-4H3. The van der Waals surface area contributed by atoms with Gasteiger partial charge < -0.3 is 15.0 Å². The van der Waals surface area contributed by atoms with Crippen molar-refractivity contribution in [1.29, 1.82) is 0 Å². The minimum Gasteiger partial charge on any atom is -0.380 e. The molecule has 1 aliphatic carbocycles. The molecule has 0 aromatic carbocycles. The third-order valence-electron chi connectivity index (χ3n) is 4.74. The second-order valence-electron chi connectivity index (χ2n) is 5.83. The van der Waals surface area contributed by atoms with Gasteiger partial charge in [-0.05, 0) is 51.6 Å². The smallest absolute Gasteiger partial charge is 0.0593 e. The highest BCUT2D eigenvalue weighted by atomic mass is 16.5. The molecule has 3 heteroatoms. The summed E-state index contributed by atoms with van der Waals surface area (Å²) in [6.07, 6.45) is 5.50. The van der Waals surface area contributed by atoms with Crippen molar-refractivity contribution in [3.05, 3.63) is 0 Å². The first-order valence-electron chi connectivity index (χ1n) is 8.22. The molecule has 0 saturated heterocycles. The maximum Gasteiger partial charge on any atom is 0.0593 e. The van der Waals surface area contributed by atoms with Gasteiger partial charge in [0.15, 0.2) is 0 Å². The number of likely N-dealkylation sites (N-methyl/N-ethyl adjacent to an activating group) is 1. The minimum atomic E-state index is 0.712. The largest absolute Gasteiger partial charge is 0.380 e. The van der Waals surface area contributed by atoms with Gasteiger partial charge >= 0.3 is 0 Å². The average Bonchev–Trinajstić information content (AvgIpc) is 2.46. The quantitative estimate of drug-likeness (QED) is 0.652. The molecule has 1 fully saturated rings. The second-order valence-corrected chi connectivity index (χ2v) is 5.83. The van der Waals surface area contributed by atoms with E-state index in [1.54, 1.807) is 0 Å². The molecular weight excluding hydrogens is 236 g/mol. The van der Waals surface area contributed by atoms with E-state index < -0.39 is 0 Å². The van der Waals surface area contributed by atoms with Crippen LogP contribution >= 0.6 is 0 Å². The van der Waals surface area contributed by atoms with Crippen LogP contribution in [0, 0.1) is 11.8 Å². The van der Waals surface area contributed by atoms with Gasteiger partial charge in [0.25, 0.3) is 0 Å². The number of ether oxygens (including phenoxy) is 1. The summed E-state index contributed by atoms with van der Waals surface area (Å²) in [5.74, 6) is 1.76. The zero-order valence-electron chi connectivity index (χ0n) is 13.5. The van der Waals surface area contributed by atoms with Crippen molar-refractivity contribution < 1.29 is 4.74 Å². The van der Waals surface area contributed by atoms with E-state index in [1.807, 2.05) is 0 Å². The molecule has 1 saturated carbocycles. The predicted octanol–water partition coefficient (Wildman–Crippen LogP) is 2.76. The van der Waals surface area contributed by atoms with Gasteiger partial charge in [-0.3, -0.25) is 0 Å². The van der Waals surface area contributed by atoms with Crippen LogP contribution in [0.5, 0.6) is 0 Å². The Hall–Kier alpha value is -0.120. The van der Waals surface area contributed by atoms with Gasteiger partial charge in [-0.2, -0.15) is 0 Å². The van der Waals surface area contributed by atoms with Crippen LogP contribution in [0.25, 0.3) is 0 Å². The van der Waals surface area contributed by atoms with Gasteiger partial charge in [0.1, 0.15) is 0 Å². The molecule has 0 spiro atoms. The molecule has 3 nitrogen and oxygen atoms in total. The van der Waals surface area contributed by atoms with Crippen molar-refractivity contribution in [2.75, 3.05) is 39.9 Å². The van der Waals surface area contributed by atoms with Gasteiger partial charge in [0.2, 0.25) is 0 Å². The van der Waals surface area contributed by atoms with E-state index in [9.17, 15) is 0 Å². The Kier molecular flexibility index (Phi) is 8.67. The van der Waals surface area contributed by atoms with Crippen LogP contribution < -0.4 is 5.32 Å². The summed E-state index contributed by atoms with van der Waals surface area (Å²) in [5, 5.41) is 3.54. The Balaban J connectivity index is 2.43. The summed E-state index contributed by atoms with van der Waals surface area (Å²) < 4.78 is 5.49. The molecule has 1 rings (SSSR count). The van der Waals surface area contributed by atoms with Crippen LogP contribution in [-0.2, 0) is 4.74 Å². The van der Waals surface area contributed by atoms with Gasteiger partial charge in [0.05, 0.1) is 6.61 Å². The number of nitrogens with one attached hydrogen (secondary N) is 1. The van der Waals surface area contributed by atoms with Crippen LogP contribution in [0.1, 0.15) is 46.5 Å². The highest BCUT2D eigenvalue weighted by Crippen LogP contribution is 2.31. The molecule has 19 heavy (non-hydrogen) atoms. The third kappa shape index (κ3) is 5.80. The zero-order chi connectivity index (χ0) is 14.1. The monoisotopic (exact) mass is 270 g/mol. The fourth-order valence-corrected chi connectivity index (χ4v) is 3.36. The van der Waals surface area contributed by atoms with E-state index in [4.69, 9.17) is 4.74 Å². The number of hydrogen-bond donors (Lipinski definition) is 1. The van der Waals surface area contributed by atoms with Crippen molar-refractivity contribution in [3.8, 4) is 0 Å². The normalized spacial score (nSPS) is 27.9. The molecule has 0 heterocycles. The SMILES string of the molecule is CCOCCN(CC)CC1CC(CC)CCC1NC. The molecule has 1 N–H and O–H groups in total. The lowest BCUT2D eigenvalue weighted by atomic mass is 9.76. The third-order valence-corrected chi connectivity index (χ3v) is 4.74. The highest BCUT2D eigenvalue weighted by Gasteiger charge is 2.29. The van der Waals surface area contributed by atoms with E-state index >= 15 is 0 Å². The van der Waals surface area contributed by atoms with Crippen molar-refractivity contribution in [2.45, 2.75) is 52.5 Å². The summed E-state index contributed by atoms with van der Waals surface area (Å²) in [7, 11) is 2.13. The summed E-state index contributed by atoms with van der Waals surface area (Å²) in [6.45, 7) is 11.8. The second kappa shape index (κ2) is 9.73. The van der Waals surface area contributed by atoms with Crippen LogP contribution in [0.3, 0.4) is 0 Å². The first-order chi connectivity index (χ1) is 9.24. The molecule has 0 aromatic rings. The molecule has 0 aromatic heterocycles. The van der Waals surface area contributed by atoms with E-state index in [0.29, 0.717) is 6.04 Å². The van der Waals surface area contributed by atoms with Crippen molar-refractivity contribution in [3.63, 3.8) is 0 Å². The van der Waals surface area contributed by atoms with Gasteiger partial charge in [-0.1, -0.05) is 20.3 Å². The van der Waals surface area contributed by atoms with Crippen molar-refractivity contribution in [2.24, 2.45) is 11.8 Å². The van der Waals surface area contributed by atoms with Gasteiger partial charge in [0, 0.05) is 25.7 Å². The maximum atomic E-state index is 5.49. The van der Waals surface area contributed by atoms with Gasteiger partial charge in [-0.25, -0.2) is 0 Å². The Morgan fingerprint density at radius 1 is 1.21 bits per heavy atom. The lowest BCUT2D eigenvalue weighted by molar-refractivity contribution is 0.0923. The minimum absolute atomic E-state index is 0.712. The maximum absolute atomic E-state index is 5.49. The molecule has 0 bridgehead atoms. The Labute approximate surface area is 120 Å². The van der Waals surface area contributed by atoms with Gasteiger partial charge in [-0.15, -0.1) is 0 Å². The molecule has 1 aliphatic rings. The van der Waals surface area contributed by atoms with Crippen LogP contribution in [0.2, 0.25) is 0 Å². The molecule has 114 valence electrons. The molecule has 3 atom stereocenters. The van der Waals surface area contributed by atoms with Crippen LogP contribution in [0.15, 0.2) is 0 Å². The van der Waals surface area contributed by atoms with E-state index in [0.717, 1.165) is 38.1 Å². The summed E-state index contributed by atoms with van der Waals surface area (Å²) in [6, 6.07) is 0.712. The first-order valence-corrected chi connectivity index (χ1v) is 8.22. The number of nitrogens with zero attached hydrogens (tertiary/aromatic N) is 1. The summed E-state index contributed by atoms with van der Waals surface area (Å²) >= 11 is 0. The molecular formula is C16H34N2O. The molecule has 3 unspecified atom stereocenters. The number of hydrogen-bond acceptors (Lipinski definition) is 3.